The van der Waals surface area contributed by atoms with Crippen molar-refractivity contribution in [2.75, 3.05) is 13.1 Å². The van der Waals surface area contributed by atoms with Crippen LogP contribution in [0.25, 0.3) is 0 Å². The average Bonchev–Trinajstić information content (AvgIpc) is 2.35. The minimum absolute atomic E-state index is 0.321. The SMILES string of the molecule is CCCCNCC1CC(F)(F)C(=O)O1. The zero-order valence-corrected chi connectivity index (χ0v) is 8.19. The molecule has 0 aromatic rings. The summed E-state index contributed by atoms with van der Waals surface area (Å²) in [5, 5.41) is 2.98. The van der Waals surface area contributed by atoms with Crippen LogP contribution in [-0.2, 0) is 9.53 Å². The molecule has 82 valence electrons. The van der Waals surface area contributed by atoms with Gasteiger partial charge in [-0.2, -0.15) is 8.78 Å². The normalized spacial score (nSPS) is 25.1. The van der Waals surface area contributed by atoms with E-state index < -0.39 is 24.4 Å². The van der Waals surface area contributed by atoms with Gasteiger partial charge in [0.1, 0.15) is 6.10 Å². The summed E-state index contributed by atoms with van der Waals surface area (Å²) in [6.45, 7) is 3.14. The second-order valence-electron chi connectivity index (χ2n) is 3.49. The van der Waals surface area contributed by atoms with Crippen LogP contribution in [0.4, 0.5) is 8.78 Å². The van der Waals surface area contributed by atoms with Crippen LogP contribution in [-0.4, -0.2) is 31.1 Å². The lowest BCUT2D eigenvalue weighted by atomic mass is 10.2. The van der Waals surface area contributed by atoms with Crippen molar-refractivity contribution in [3.63, 3.8) is 0 Å². The third-order valence-corrected chi connectivity index (χ3v) is 2.14. The highest BCUT2D eigenvalue weighted by atomic mass is 19.3. The molecular weight excluding hydrogens is 192 g/mol. The maximum Gasteiger partial charge on any atom is 0.377 e. The summed E-state index contributed by atoms with van der Waals surface area (Å²) in [5.74, 6) is -4.67. The average molecular weight is 207 g/mol. The molecule has 0 aliphatic carbocycles. The van der Waals surface area contributed by atoms with Crippen molar-refractivity contribution < 1.29 is 18.3 Å². The summed E-state index contributed by atoms with van der Waals surface area (Å²) in [6.07, 6.45) is 0.879. The summed E-state index contributed by atoms with van der Waals surface area (Å²) < 4.78 is 29.8. The fraction of sp³-hybridized carbons (Fsp3) is 0.889. The summed E-state index contributed by atoms with van der Waals surface area (Å²) in [5.41, 5.74) is 0. The van der Waals surface area contributed by atoms with Crippen LogP contribution in [0.3, 0.4) is 0 Å². The van der Waals surface area contributed by atoms with Crippen molar-refractivity contribution in [1.29, 1.82) is 0 Å². The second-order valence-corrected chi connectivity index (χ2v) is 3.49. The fourth-order valence-corrected chi connectivity index (χ4v) is 1.33. The number of hydrogen-bond acceptors (Lipinski definition) is 3. The van der Waals surface area contributed by atoms with Gasteiger partial charge in [0, 0.05) is 6.54 Å². The molecule has 0 radical (unpaired) electrons. The molecule has 0 bridgehead atoms. The first-order valence-electron chi connectivity index (χ1n) is 4.86. The molecule has 0 aromatic heterocycles. The molecule has 1 atom stereocenters. The molecule has 1 saturated heterocycles. The van der Waals surface area contributed by atoms with Crippen molar-refractivity contribution >= 4 is 5.97 Å². The van der Waals surface area contributed by atoms with Crippen LogP contribution in [0.5, 0.6) is 0 Å². The lowest BCUT2D eigenvalue weighted by molar-refractivity contribution is -0.158. The van der Waals surface area contributed by atoms with Gasteiger partial charge in [-0.05, 0) is 13.0 Å². The van der Waals surface area contributed by atoms with Gasteiger partial charge in [0.05, 0.1) is 6.42 Å². The Labute approximate surface area is 81.8 Å². The fourth-order valence-electron chi connectivity index (χ4n) is 1.33. The number of cyclic esters (lactones) is 1. The van der Waals surface area contributed by atoms with Crippen LogP contribution in [0.1, 0.15) is 26.2 Å². The second kappa shape index (κ2) is 4.68. The Morgan fingerprint density at radius 3 is 2.86 bits per heavy atom. The van der Waals surface area contributed by atoms with E-state index in [1.54, 1.807) is 0 Å². The van der Waals surface area contributed by atoms with Crippen LogP contribution in [0.15, 0.2) is 0 Å². The number of carbonyl (C=O) groups is 1. The van der Waals surface area contributed by atoms with Gasteiger partial charge in [-0.25, -0.2) is 4.79 Å². The summed E-state index contributed by atoms with van der Waals surface area (Å²) in [7, 11) is 0. The summed E-state index contributed by atoms with van der Waals surface area (Å²) in [6, 6.07) is 0. The lowest BCUT2D eigenvalue weighted by Gasteiger charge is -2.08. The van der Waals surface area contributed by atoms with Gasteiger partial charge < -0.3 is 10.1 Å². The Bertz CT molecular complexity index is 209. The number of alkyl halides is 2. The highest BCUT2D eigenvalue weighted by Gasteiger charge is 2.50. The molecule has 5 heteroatoms. The van der Waals surface area contributed by atoms with E-state index in [1.807, 2.05) is 6.92 Å². The van der Waals surface area contributed by atoms with E-state index >= 15 is 0 Å². The molecule has 1 unspecified atom stereocenters. The Kier molecular flexibility index (Phi) is 3.80. The molecule has 0 amide bonds. The maximum absolute atomic E-state index is 12.7. The molecule has 1 aliphatic rings. The maximum atomic E-state index is 12.7. The Balaban J connectivity index is 2.19. The molecule has 3 nitrogen and oxygen atoms in total. The number of ether oxygens (including phenoxy) is 1. The molecule has 0 saturated carbocycles. The molecular formula is C9H15F2NO2. The first-order chi connectivity index (χ1) is 6.56. The van der Waals surface area contributed by atoms with Crippen molar-refractivity contribution in [3.8, 4) is 0 Å². The number of rotatable bonds is 5. The Morgan fingerprint density at radius 1 is 1.64 bits per heavy atom. The summed E-state index contributed by atoms with van der Waals surface area (Å²) in [4.78, 5) is 10.6. The van der Waals surface area contributed by atoms with Gasteiger partial charge in [0.15, 0.2) is 0 Å². The van der Waals surface area contributed by atoms with Gasteiger partial charge in [0.25, 0.3) is 0 Å². The third-order valence-electron chi connectivity index (χ3n) is 2.14. The molecule has 1 aliphatic heterocycles. The van der Waals surface area contributed by atoms with Crippen molar-refractivity contribution in [2.45, 2.75) is 38.2 Å². The standard InChI is InChI=1S/C9H15F2NO2/c1-2-3-4-12-6-7-5-9(10,11)8(13)14-7/h7,12H,2-6H2,1H3. The highest BCUT2D eigenvalue weighted by Crippen LogP contribution is 2.30. The predicted molar refractivity (Wildman–Crippen MR) is 47.2 cm³/mol. The number of hydrogen-bond donors (Lipinski definition) is 1. The zero-order valence-electron chi connectivity index (χ0n) is 8.19. The van der Waals surface area contributed by atoms with Gasteiger partial charge in [-0.15, -0.1) is 0 Å². The Morgan fingerprint density at radius 2 is 2.36 bits per heavy atom. The number of nitrogens with one attached hydrogen (secondary N) is 1. The highest BCUT2D eigenvalue weighted by molar-refractivity contribution is 5.79. The number of halogens is 2. The molecule has 0 spiro atoms. The van der Waals surface area contributed by atoms with Crippen LogP contribution >= 0.6 is 0 Å². The van der Waals surface area contributed by atoms with Crippen LogP contribution in [0, 0.1) is 0 Å². The van der Waals surface area contributed by atoms with Crippen molar-refractivity contribution in [3.05, 3.63) is 0 Å². The number of carbonyl (C=O) groups excluding carboxylic acids is 1. The molecule has 14 heavy (non-hydrogen) atoms. The van der Waals surface area contributed by atoms with Gasteiger partial charge in [-0.3, -0.25) is 0 Å². The zero-order chi connectivity index (χ0) is 10.6. The Hall–Kier alpha value is -0.710. The van der Waals surface area contributed by atoms with Gasteiger partial charge in [-0.1, -0.05) is 13.3 Å². The smallest absolute Gasteiger partial charge is 0.377 e. The molecule has 1 rings (SSSR count). The molecule has 1 fully saturated rings. The monoisotopic (exact) mass is 207 g/mol. The minimum Gasteiger partial charge on any atom is -0.456 e. The van der Waals surface area contributed by atoms with E-state index in [2.05, 4.69) is 10.1 Å². The minimum atomic E-state index is -3.28. The molecule has 0 aromatic carbocycles. The topological polar surface area (TPSA) is 38.3 Å². The van der Waals surface area contributed by atoms with Gasteiger partial charge in [0.2, 0.25) is 0 Å². The number of esters is 1. The number of unbranched alkanes of at least 4 members (excludes halogenated alkanes) is 1. The van der Waals surface area contributed by atoms with Crippen molar-refractivity contribution in [2.24, 2.45) is 0 Å². The van der Waals surface area contributed by atoms with E-state index in [1.165, 1.54) is 0 Å². The van der Waals surface area contributed by atoms with Gasteiger partial charge >= 0.3 is 11.9 Å². The largest absolute Gasteiger partial charge is 0.456 e. The van der Waals surface area contributed by atoms with E-state index in [9.17, 15) is 13.6 Å². The van der Waals surface area contributed by atoms with E-state index in [0.717, 1.165) is 19.4 Å². The predicted octanol–water partition coefficient (Wildman–Crippen LogP) is 1.33. The van der Waals surface area contributed by atoms with E-state index in [-0.39, 0.29) is 0 Å². The lowest BCUT2D eigenvalue weighted by Crippen LogP contribution is -2.27. The van der Waals surface area contributed by atoms with E-state index in [0.29, 0.717) is 6.54 Å². The molecule has 1 heterocycles. The van der Waals surface area contributed by atoms with Crippen LogP contribution < -0.4 is 5.32 Å². The summed E-state index contributed by atoms with van der Waals surface area (Å²) >= 11 is 0. The first-order valence-corrected chi connectivity index (χ1v) is 4.86. The van der Waals surface area contributed by atoms with Crippen LogP contribution in [0.2, 0.25) is 0 Å². The van der Waals surface area contributed by atoms with Crippen molar-refractivity contribution in [1.82, 2.24) is 5.32 Å². The quantitative estimate of drug-likeness (QED) is 0.546. The first kappa shape index (κ1) is 11.4. The van der Waals surface area contributed by atoms with E-state index in [4.69, 9.17) is 0 Å². The molecule has 1 N–H and O–H groups in total. The third kappa shape index (κ3) is 2.90.